The smallest absolute Gasteiger partial charge is 0.498 e. The molecule has 1 unspecified atom stereocenters. The lowest BCUT2D eigenvalue weighted by Crippen LogP contribution is -2.42. The number of nitro benzene ring substituents is 1. The van der Waals surface area contributed by atoms with Gasteiger partial charge in [-0.05, 0) is 18.1 Å². The molecule has 0 amide bonds. The molecule has 1 aliphatic rings. The lowest BCUT2D eigenvalue weighted by molar-refractivity contribution is -0.384. The second-order valence-corrected chi connectivity index (χ2v) is 6.66. The standard InChI is InChI=1S/C11H12BN2O6S/c1-7(2)10-11(15)20-12-13(10)21(18,19)9-5-3-8(4-6-9)14(16)17/h3-7,10H,1-2H3. The van der Waals surface area contributed by atoms with Crippen LogP contribution in [-0.4, -0.2) is 37.2 Å². The van der Waals surface area contributed by atoms with Gasteiger partial charge in [-0.15, -0.1) is 0 Å². The fourth-order valence-electron chi connectivity index (χ4n) is 1.98. The number of hydrogen-bond donors (Lipinski definition) is 0. The van der Waals surface area contributed by atoms with E-state index in [9.17, 15) is 23.3 Å². The van der Waals surface area contributed by atoms with Crippen molar-refractivity contribution in [3.05, 3.63) is 34.4 Å². The molecule has 1 saturated heterocycles. The fraction of sp³-hybridized carbons (Fsp3) is 0.364. The highest BCUT2D eigenvalue weighted by molar-refractivity contribution is 7.90. The molecule has 1 fully saturated rings. The molecular weight excluding hydrogens is 299 g/mol. The summed E-state index contributed by atoms with van der Waals surface area (Å²) in [7, 11) is -3.13. The van der Waals surface area contributed by atoms with Crippen molar-refractivity contribution in [3.63, 3.8) is 0 Å². The van der Waals surface area contributed by atoms with Gasteiger partial charge in [0.05, 0.1) is 9.82 Å². The number of carbonyl (C=O) groups excluding carboxylic acids is 1. The van der Waals surface area contributed by atoms with Crippen molar-refractivity contribution in [2.24, 2.45) is 5.92 Å². The molecule has 0 saturated carbocycles. The highest BCUT2D eigenvalue weighted by atomic mass is 32.2. The van der Waals surface area contributed by atoms with Crippen molar-refractivity contribution in [3.8, 4) is 0 Å². The Labute approximate surface area is 122 Å². The number of benzene rings is 1. The van der Waals surface area contributed by atoms with Gasteiger partial charge >= 0.3 is 13.6 Å². The van der Waals surface area contributed by atoms with Crippen molar-refractivity contribution < 1.29 is 22.8 Å². The Morgan fingerprint density at radius 2 is 1.90 bits per heavy atom. The summed E-state index contributed by atoms with van der Waals surface area (Å²) in [6, 6.07) is 3.50. The zero-order chi connectivity index (χ0) is 15.8. The topological polar surface area (TPSA) is 107 Å². The van der Waals surface area contributed by atoms with E-state index in [1.54, 1.807) is 13.8 Å². The molecule has 1 aromatic rings. The Morgan fingerprint density at radius 3 is 2.38 bits per heavy atom. The fourth-order valence-corrected chi connectivity index (χ4v) is 3.49. The van der Waals surface area contributed by atoms with Gasteiger partial charge in [-0.1, -0.05) is 13.8 Å². The highest BCUT2D eigenvalue weighted by Crippen LogP contribution is 2.26. The normalized spacial score (nSPS) is 19.4. The lowest BCUT2D eigenvalue weighted by Gasteiger charge is -2.22. The van der Waals surface area contributed by atoms with Crippen molar-refractivity contribution in [1.82, 2.24) is 4.22 Å². The summed E-state index contributed by atoms with van der Waals surface area (Å²) in [5, 5.41) is 10.6. The third-order valence-corrected chi connectivity index (χ3v) is 4.78. The second-order valence-electron chi connectivity index (χ2n) is 4.82. The minimum atomic E-state index is -4.00. The Kier molecular flexibility index (Phi) is 4.01. The molecule has 1 radical (unpaired) electrons. The van der Waals surface area contributed by atoms with Crippen molar-refractivity contribution in [2.75, 3.05) is 0 Å². The zero-order valence-corrected chi connectivity index (χ0v) is 12.1. The van der Waals surface area contributed by atoms with Gasteiger partial charge in [0.2, 0.25) is 10.0 Å². The van der Waals surface area contributed by atoms with Crippen LogP contribution in [0.25, 0.3) is 0 Å². The molecule has 111 valence electrons. The first-order valence-electron chi connectivity index (χ1n) is 6.07. The Morgan fingerprint density at radius 1 is 1.33 bits per heavy atom. The Balaban J connectivity index is 2.37. The van der Waals surface area contributed by atoms with Crippen LogP contribution in [0.1, 0.15) is 13.8 Å². The summed E-state index contributed by atoms with van der Waals surface area (Å²) in [6.45, 7) is 3.40. The number of carbonyl (C=O) groups is 1. The van der Waals surface area contributed by atoms with Crippen LogP contribution < -0.4 is 0 Å². The predicted molar refractivity (Wildman–Crippen MR) is 72.6 cm³/mol. The van der Waals surface area contributed by atoms with Crippen LogP contribution in [0.5, 0.6) is 0 Å². The van der Waals surface area contributed by atoms with E-state index in [0.717, 1.165) is 36.1 Å². The Hall–Kier alpha value is -1.94. The maximum atomic E-state index is 12.5. The van der Waals surface area contributed by atoms with E-state index in [-0.39, 0.29) is 16.5 Å². The van der Waals surface area contributed by atoms with E-state index in [4.69, 9.17) is 0 Å². The number of nitro groups is 1. The summed E-state index contributed by atoms with van der Waals surface area (Å²) < 4.78 is 30.5. The quantitative estimate of drug-likeness (QED) is 0.460. The van der Waals surface area contributed by atoms with Gasteiger partial charge in [-0.3, -0.25) is 14.9 Å². The Bertz CT molecular complexity index is 672. The number of nitrogens with zero attached hydrogens (tertiary/aromatic N) is 2. The van der Waals surface area contributed by atoms with E-state index in [1.807, 2.05) is 0 Å². The number of hydrogen-bond acceptors (Lipinski definition) is 6. The summed E-state index contributed by atoms with van der Waals surface area (Å²) in [6.07, 6.45) is 0. The third kappa shape index (κ3) is 2.76. The van der Waals surface area contributed by atoms with Gasteiger partial charge in [-0.2, -0.15) is 4.22 Å². The van der Waals surface area contributed by atoms with Crippen LogP contribution in [0.15, 0.2) is 29.2 Å². The molecule has 21 heavy (non-hydrogen) atoms. The molecule has 0 bridgehead atoms. The highest BCUT2D eigenvalue weighted by Gasteiger charge is 2.46. The zero-order valence-electron chi connectivity index (χ0n) is 11.3. The van der Waals surface area contributed by atoms with E-state index in [0.29, 0.717) is 0 Å². The molecule has 0 spiro atoms. The van der Waals surface area contributed by atoms with Crippen molar-refractivity contribution in [1.29, 1.82) is 0 Å². The average molecular weight is 311 g/mol. The second kappa shape index (κ2) is 5.45. The van der Waals surface area contributed by atoms with Crippen LogP contribution in [0.3, 0.4) is 0 Å². The summed E-state index contributed by atoms with van der Waals surface area (Å²) >= 11 is 0. The minimum Gasteiger partial charge on any atom is -0.520 e. The molecule has 1 aliphatic heterocycles. The van der Waals surface area contributed by atoms with Crippen LogP contribution in [0.4, 0.5) is 5.69 Å². The van der Waals surface area contributed by atoms with Gasteiger partial charge in [0.1, 0.15) is 6.04 Å². The molecule has 0 aliphatic carbocycles. The van der Waals surface area contributed by atoms with E-state index < -0.39 is 27.0 Å². The lowest BCUT2D eigenvalue weighted by atomic mass is 10.0. The van der Waals surface area contributed by atoms with Crippen LogP contribution in [-0.2, 0) is 19.5 Å². The van der Waals surface area contributed by atoms with Crippen LogP contribution in [0.2, 0.25) is 0 Å². The predicted octanol–water partition coefficient (Wildman–Crippen LogP) is 0.701. The molecule has 0 N–H and O–H groups in total. The number of rotatable bonds is 4. The van der Waals surface area contributed by atoms with Crippen LogP contribution >= 0.6 is 0 Å². The summed E-state index contributed by atoms with van der Waals surface area (Å²) in [5.41, 5.74) is -0.216. The molecule has 1 heterocycles. The monoisotopic (exact) mass is 311 g/mol. The average Bonchev–Trinajstić information content (AvgIpc) is 2.81. The molecule has 0 aromatic heterocycles. The van der Waals surface area contributed by atoms with Crippen LogP contribution in [0, 0.1) is 16.0 Å². The van der Waals surface area contributed by atoms with E-state index in [2.05, 4.69) is 4.65 Å². The maximum Gasteiger partial charge on any atom is 0.498 e. The van der Waals surface area contributed by atoms with Crippen molar-refractivity contribution in [2.45, 2.75) is 24.8 Å². The van der Waals surface area contributed by atoms with E-state index in [1.165, 1.54) is 0 Å². The summed E-state index contributed by atoms with van der Waals surface area (Å²) in [5.74, 6) is -0.917. The van der Waals surface area contributed by atoms with Gasteiger partial charge < -0.3 is 4.65 Å². The maximum absolute atomic E-state index is 12.5. The molecule has 1 atom stereocenters. The van der Waals surface area contributed by atoms with Gasteiger partial charge in [0, 0.05) is 12.1 Å². The van der Waals surface area contributed by atoms with Gasteiger partial charge in [0.15, 0.2) is 0 Å². The largest absolute Gasteiger partial charge is 0.520 e. The number of sulfonamides is 1. The van der Waals surface area contributed by atoms with Gasteiger partial charge in [0.25, 0.3) is 5.69 Å². The van der Waals surface area contributed by atoms with E-state index >= 15 is 0 Å². The molecule has 1 aromatic carbocycles. The third-order valence-electron chi connectivity index (χ3n) is 3.04. The first-order chi connectivity index (χ1) is 9.75. The first-order valence-corrected chi connectivity index (χ1v) is 7.51. The molecule has 10 heteroatoms. The molecule has 2 rings (SSSR count). The summed E-state index contributed by atoms with van der Waals surface area (Å²) in [4.78, 5) is 21.4. The molecular formula is C11H12BN2O6S. The van der Waals surface area contributed by atoms with Crippen molar-refractivity contribution >= 4 is 29.3 Å². The van der Waals surface area contributed by atoms with Gasteiger partial charge in [-0.25, -0.2) is 8.42 Å². The molecule has 8 nitrogen and oxygen atoms in total. The minimum absolute atomic E-state index is 0.145. The first kappa shape index (κ1) is 15.5. The number of non-ortho nitro benzene ring substituents is 1. The SMILES string of the molecule is CC(C)C1C(=O)O[B]N1S(=O)(=O)c1ccc([N+](=O)[O-])cc1.